The predicted molar refractivity (Wildman–Crippen MR) is 93.7 cm³/mol. The summed E-state index contributed by atoms with van der Waals surface area (Å²) < 4.78 is 1.95. The van der Waals surface area contributed by atoms with E-state index in [9.17, 15) is 10.2 Å². The molecular weight excluding hydrogens is 310 g/mol. The summed E-state index contributed by atoms with van der Waals surface area (Å²) in [5.74, 6) is 0. The number of hydrogen-bond donors (Lipinski definition) is 5. The highest BCUT2D eigenvalue weighted by atomic mass is 16.3. The van der Waals surface area contributed by atoms with Crippen LogP contribution in [-0.2, 0) is 7.05 Å². The van der Waals surface area contributed by atoms with E-state index >= 15 is 0 Å². The molecule has 132 valence electrons. The van der Waals surface area contributed by atoms with Crippen molar-refractivity contribution in [2.75, 3.05) is 36.9 Å². The largest absolute Gasteiger partial charge is 0.398 e. The number of aliphatic hydroxyl groups is 4. The van der Waals surface area contributed by atoms with Gasteiger partial charge < -0.3 is 35.6 Å². The zero-order valence-electron chi connectivity index (χ0n) is 13.7. The second-order valence-corrected chi connectivity index (χ2v) is 5.85. The van der Waals surface area contributed by atoms with Gasteiger partial charge in [0.1, 0.15) is 0 Å². The van der Waals surface area contributed by atoms with Gasteiger partial charge in [0.25, 0.3) is 0 Å². The lowest BCUT2D eigenvalue weighted by Gasteiger charge is -2.29. The topological polar surface area (TPSA) is 115 Å². The summed E-state index contributed by atoms with van der Waals surface area (Å²) >= 11 is 0. The molecule has 0 radical (unpaired) electrons. The second kappa shape index (κ2) is 8.16. The lowest BCUT2D eigenvalue weighted by molar-refractivity contribution is 0.0839. The predicted octanol–water partition coefficient (Wildman–Crippen LogP) is -0.213. The van der Waals surface area contributed by atoms with Gasteiger partial charge in [0.05, 0.1) is 25.4 Å². The van der Waals surface area contributed by atoms with E-state index in [2.05, 4.69) is 0 Å². The van der Waals surface area contributed by atoms with Crippen LogP contribution in [0.4, 0.5) is 11.4 Å². The molecule has 2 rings (SSSR count). The number of nitrogens with two attached hydrogens (primary N) is 1. The minimum atomic E-state index is -0.952. The van der Waals surface area contributed by atoms with E-state index in [4.69, 9.17) is 15.9 Å². The minimum Gasteiger partial charge on any atom is -0.398 e. The highest BCUT2D eigenvalue weighted by Crippen LogP contribution is 2.30. The fourth-order valence-electron chi connectivity index (χ4n) is 2.61. The minimum absolute atomic E-state index is 0.129. The van der Waals surface area contributed by atoms with Gasteiger partial charge in [-0.15, -0.1) is 0 Å². The summed E-state index contributed by atoms with van der Waals surface area (Å²) in [6.07, 6.45) is 0.0170. The van der Waals surface area contributed by atoms with Crippen molar-refractivity contribution >= 4 is 11.4 Å². The third-order valence-corrected chi connectivity index (χ3v) is 3.91. The van der Waals surface area contributed by atoms with Crippen LogP contribution in [0.25, 0.3) is 11.3 Å². The first-order valence-corrected chi connectivity index (χ1v) is 7.80. The third-order valence-electron chi connectivity index (χ3n) is 3.91. The molecule has 24 heavy (non-hydrogen) atoms. The number of aliphatic hydroxyl groups excluding tert-OH is 4. The van der Waals surface area contributed by atoms with Crippen LogP contribution in [0.3, 0.4) is 0 Å². The van der Waals surface area contributed by atoms with Crippen molar-refractivity contribution in [3.63, 3.8) is 0 Å². The van der Waals surface area contributed by atoms with E-state index in [0.29, 0.717) is 5.69 Å². The summed E-state index contributed by atoms with van der Waals surface area (Å²) in [6.45, 7) is -0.509. The van der Waals surface area contributed by atoms with Gasteiger partial charge in [0.2, 0.25) is 0 Å². The zero-order valence-corrected chi connectivity index (χ0v) is 13.7. The number of nitrogen functional groups attached to an aromatic ring is 1. The SMILES string of the molecule is Cn1cccc1-c1cc(N(CC(O)CO)CC(O)CO)ccc1N. The molecule has 0 amide bonds. The Morgan fingerprint density at radius 3 is 2.21 bits per heavy atom. The number of benzene rings is 1. The molecule has 7 nitrogen and oxygen atoms in total. The van der Waals surface area contributed by atoms with Gasteiger partial charge in [-0.1, -0.05) is 0 Å². The Labute approximate surface area is 141 Å². The summed E-state index contributed by atoms with van der Waals surface area (Å²) in [4.78, 5) is 1.72. The van der Waals surface area contributed by atoms with Crippen molar-refractivity contribution in [1.29, 1.82) is 0 Å². The molecule has 2 atom stereocenters. The molecule has 0 saturated heterocycles. The van der Waals surface area contributed by atoms with Gasteiger partial charge >= 0.3 is 0 Å². The van der Waals surface area contributed by atoms with Crippen molar-refractivity contribution in [3.05, 3.63) is 36.5 Å². The molecule has 2 aromatic rings. The van der Waals surface area contributed by atoms with Crippen molar-refractivity contribution < 1.29 is 20.4 Å². The number of rotatable bonds is 8. The molecule has 0 aliphatic rings. The second-order valence-electron chi connectivity index (χ2n) is 5.85. The quantitative estimate of drug-likeness (QED) is 0.426. The maximum absolute atomic E-state index is 9.76. The fraction of sp³-hybridized carbons (Fsp3) is 0.412. The Kier molecular flexibility index (Phi) is 6.22. The molecule has 7 heteroatoms. The van der Waals surface area contributed by atoms with Crippen LogP contribution >= 0.6 is 0 Å². The molecule has 1 heterocycles. The number of aryl methyl sites for hydroxylation is 1. The van der Waals surface area contributed by atoms with E-state index in [1.165, 1.54) is 0 Å². The molecule has 0 bridgehead atoms. The molecule has 0 saturated carbocycles. The first-order valence-electron chi connectivity index (χ1n) is 7.80. The monoisotopic (exact) mass is 335 g/mol. The Balaban J connectivity index is 2.37. The van der Waals surface area contributed by atoms with E-state index < -0.39 is 12.2 Å². The van der Waals surface area contributed by atoms with Crippen LogP contribution in [-0.4, -0.2) is 63.5 Å². The van der Waals surface area contributed by atoms with E-state index in [-0.39, 0.29) is 26.3 Å². The number of nitrogens with zero attached hydrogens (tertiary/aromatic N) is 2. The van der Waals surface area contributed by atoms with Gasteiger partial charge in [-0.25, -0.2) is 0 Å². The van der Waals surface area contributed by atoms with E-state index in [1.807, 2.05) is 36.0 Å². The van der Waals surface area contributed by atoms with Crippen molar-refractivity contribution in [1.82, 2.24) is 4.57 Å². The van der Waals surface area contributed by atoms with Crippen molar-refractivity contribution in [3.8, 4) is 11.3 Å². The van der Waals surface area contributed by atoms with Gasteiger partial charge in [0, 0.05) is 49.0 Å². The maximum atomic E-state index is 9.76. The summed E-state index contributed by atoms with van der Waals surface area (Å²) in [7, 11) is 1.92. The molecule has 0 aliphatic carbocycles. The lowest BCUT2D eigenvalue weighted by atomic mass is 10.1. The van der Waals surface area contributed by atoms with Gasteiger partial charge in [-0.2, -0.15) is 0 Å². The number of anilines is 2. The van der Waals surface area contributed by atoms with E-state index in [1.54, 1.807) is 17.0 Å². The number of hydrogen-bond acceptors (Lipinski definition) is 6. The summed E-state index contributed by atoms with van der Waals surface area (Å²) in [5.41, 5.74) is 9.23. The van der Waals surface area contributed by atoms with Gasteiger partial charge in [-0.05, 0) is 30.3 Å². The van der Waals surface area contributed by atoms with Crippen LogP contribution in [0, 0.1) is 0 Å². The lowest BCUT2D eigenvalue weighted by Crippen LogP contribution is -2.40. The number of aromatic nitrogens is 1. The fourth-order valence-corrected chi connectivity index (χ4v) is 2.61. The maximum Gasteiger partial charge on any atom is 0.0945 e. The van der Waals surface area contributed by atoms with E-state index in [0.717, 1.165) is 16.9 Å². The molecular formula is C17H25N3O4. The van der Waals surface area contributed by atoms with Gasteiger partial charge in [0.15, 0.2) is 0 Å². The average molecular weight is 335 g/mol. The smallest absolute Gasteiger partial charge is 0.0945 e. The standard InChI is InChI=1S/C17H25N3O4/c1-19-6-2-3-17(19)15-7-12(4-5-16(15)18)20(8-13(23)10-21)9-14(24)11-22/h2-7,13-14,21-24H,8-11,18H2,1H3. The molecule has 0 aliphatic heterocycles. The Bertz CT molecular complexity index is 647. The zero-order chi connectivity index (χ0) is 17.7. The first kappa shape index (κ1) is 18.3. The molecule has 1 aromatic heterocycles. The molecule has 2 unspecified atom stereocenters. The molecule has 0 spiro atoms. The van der Waals surface area contributed by atoms with Crippen molar-refractivity contribution in [2.24, 2.45) is 7.05 Å². The van der Waals surface area contributed by atoms with Crippen LogP contribution in [0.5, 0.6) is 0 Å². The normalized spacial score (nSPS) is 13.7. The Morgan fingerprint density at radius 1 is 1.08 bits per heavy atom. The summed E-state index contributed by atoms with van der Waals surface area (Å²) in [5, 5.41) is 37.7. The third kappa shape index (κ3) is 4.27. The van der Waals surface area contributed by atoms with Crippen LogP contribution in [0.2, 0.25) is 0 Å². The highest BCUT2D eigenvalue weighted by Gasteiger charge is 2.17. The first-order chi connectivity index (χ1) is 11.5. The van der Waals surface area contributed by atoms with Gasteiger partial charge in [-0.3, -0.25) is 0 Å². The van der Waals surface area contributed by atoms with Crippen LogP contribution in [0.1, 0.15) is 0 Å². The van der Waals surface area contributed by atoms with Crippen LogP contribution < -0.4 is 10.6 Å². The Hall–Kier alpha value is -2.06. The molecule has 0 fully saturated rings. The molecule has 1 aromatic carbocycles. The van der Waals surface area contributed by atoms with Crippen molar-refractivity contribution in [2.45, 2.75) is 12.2 Å². The highest BCUT2D eigenvalue weighted by molar-refractivity contribution is 5.78. The average Bonchev–Trinajstić information content (AvgIpc) is 3.00. The van der Waals surface area contributed by atoms with Crippen LogP contribution in [0.15, 0.2) is 36.5 Å². The summed E-state index contributed by atoms with van der Waals surface area (Å²) in [6, 6.07) is 9.30. The molecule has 6 N–H and O–H groups in total. The Morgan fingerprint density at radius 2 is 1.71 bits per heavy atom.